The first-order valence-corrected chi connectivity index (χ1v) is 11.5. The second-order valence-corrected chi connectivity index (χ2v) is 9.24. The summed E-state index contributed by atoms with van der Waals surface area (Å²) in [7, 11) is 3.57. The van der Waals surface area contributed by atoms with Crippen LogP contribution in [0.1, 0.15) is 23.8 Å². The molecule has 1 aromatic carbocycles. The van der Waals surface area contributed by atoms with Crippen molar-refractivity contribution in [2.24, 2.45) is 13.0 Å². The van der Waals surface area contributed by atoms with E-state index in [1.165, 1.54) is 34.2 Å². The van der Waals surface area contributed by atoms with Crippen molar-refractivity contribution < 1.29 is 9.53 Å². The van der Waals surface area contributed by atoms with Crippen LogP contribution in [0.5, 0.6) is 5.75 Å². The van der Waals surface area contributed by atoms with E-state index in [4.69, 9.17) is 4.74 Å². The van der Waals surface area contributed by atoms with E-state index in [-0.39, 0.29) is 11.7 Å². The van der Waals surface area contributed by atoms with E-state index in [2.05, 4.69) is 27.8 Å². The highest BCUT2D eigenvalue weighted by Gasteiger charge is 2.23. The van der Waals surface area contributed by atoms with E-state index < -0.39 is 0 Å². The van der Waals surface area contributed by atoms with Gasteiger partial charge in [0.25, 0.3) is 0 Å². The monoisotopic (exact) mass is 428 g/mol. The number of thiophene rings is 1. The van der Waals surface area contributed by atoms with E-state index in [1.54, 1.807) is 13.2 Å². The molecular weight excluding hydrogens is 404 g/mol. The molecule has 2 aromatic heterocycles. The number of aromatic nitrogens is 3. The number of anilines is 1. The Morgan fingerprint density at radius 1 is 1.41 bits per heavy atom. The normalized spacial score (nSPS) is 15.8. The minimum atomic E-state index is -0.0882. The summed E-state index contributed by atoms with van der Waals surface area (Å²) in [5.41, 5.74) is 3.34. The number of nitrogens with zero attached hydrogens (tertiary/aromatic N) is 3. The van der Waals surface area contributed by atoms with E-state index in [1.807, 2.05) is 41.2 Å². The first-order chi connectivity index (χ1) is 14.0. The van der Waals surface area contributed by atoms with Crippen LogP contribution in [0.3, 0.4) is 0 Å². The van der Waals surface area contributed by atoms with Crippen molar-refractivity contribution in [3.8, 4) is 17.1 Å². The van der Waals surface area contributed by atoms with Crippen LogP contribution in [0, 0.1) is 5.92 Å². The maximum Gasteiger partial charge on any atom is 0.234 e. The number of thioether (sulfide) groups is 1. The first-order valence-electron chi connectivity index (χ1n) is 9.61. The zero-order valence-electron chi connectivity index (χ0n) is 16.8. The smallest absolute Gasteiger partial charge is 0.234 e. The lowest BCUT2D eigenvalue weighted by Gasteiger charge is -2.18. The molecule has 0 aliphatic heterocycles. The number of carbonyl (C=O) groups excluding carboxylic acids is 1. The number of hydrogen-bond donors (Lipinski definition) is 1. The first kappa shape index (κ1) is 20.0. The molecule has 0 bridgehead atoms. The Balaban J connectivity index is 1.42. The Hall–Kier alpha value is -2.32. The summed E-state index contributed by atoms with van der Waals surface area (Å²) in [4.78, 5) is 13.8. The van der Waals surface area contributed by atoms with Gasteiger partial charge in [-0.3, -0.25) is 4.79 Å². The molecule has 0 saturated heterocycles. The number of ether oxygens (including phenoxy) is 1. The third kappa shape index (κ3) is 4.33. The van der Waals surface area contributed by atoms with Gasteiger partial charge in [0.1, 0.15) is 5.75 Å². The SMILES string of the molecule is COc1cccc(NC(=O)CSc2nnc(-c3csc4c3CCC(C)C4)n2C)c1. The summed E-state index contributed by atoms with van der Waals surface area (Å²) in [6.45, 7) is 2.32. The summed E-state index contributed by atoms with van der Waals surface area (Å²) in [5, 5.41) is 14.6. The Labute approximate surface area is 178 Å². The van der Waals surface area contributed by atoms with E-state index in [0.717, 1.165) is 29.7 Å². The number of amides is 1. The summed E-state index contributed by atoms with van der Waals surface area (Å²) in [6, 6.07) is 7.32. The second kappa shape index (κ2) is 8.59. The van der Waals surface area contributed by atoms with Crippen LogP contribution in [-0.4, -0.2) is 33.5 Å². The van der Waals surface area contributed by atoms with Gasteiger partial charge in [0.15, 0.2) is 11.0 Å². The fourth-order valence-electron chi connectivity index (χ4n) is 3.57. The van der Waals surface area contributed by atoms with Crippen molar-refractivity contribution in [3.05, 3.63) is 40.1 Å². The summed E-state index contributed by atoms with van der Waals surface area (Å²) in [6.07, 6.45) is 3.48. The number of fused-ring (bicyclic) bond motifs is 1. The lowest BCUT2D eigenvalue weighted by atomic mass is 9.88. The van der Waals surface area contributed by atoms with Gasteiger partial charge in [-0.25, -0.2) is 0 Å². The molecule has 0 saturated carbocycles. The zero-order chi connectivity index (χ0) is 20.4. The molecule has 29 heavy (non-hydrogen) atoms. The molecule has 1 aliphatic rings. The minimum Gasteiger partial charge on any atom is -0.497 e. The van der Waals surface area contributed by atoms with Crippen molar-refractivity contribution in [1.82, 2.24) is 14.8 Å². The molecule has 4 rings (SSSR count). The summed E-state index contributed by atoms with van der Waals surface area (Å²) in [5.74, 6) is 2.52. The van der Waals surface area contributed by atoms with Crippen LogP contribution in [0.15, 0.2) is 34.8 Å². The zero-order valence-corrected chi connectivity index (χ0v) is 18.4. The van der Waals surface area contributed by atoms with Crippen LogP contribution in [0.25, 0.3) is 11.4 Å². The van der Waals surface area contributed by atoms with Crippen molar-refractivity contribution in [1.29, 1.82) is 0 Å². The number of hydrogen-bond acceptors (Lipinski definition) is 6. The minimum absolute atomic E-state index is 0.0882. The van der Waals surface area contributed by atoms with Crippen molar-refractivity contribution in [2.45, 2.75) is 31.3 Å². The maximum absolute atomic E-state index is 12.3. The topological polar surface area (TPSA) is 69.0 Å². The third-order valence-electron chi connectivity index (χ3n) is 5.16. The molecule has 1 N–H and O–H groups in total. The van der Waals surface area contributed by atoms with Crippen LogP contribution < -0.4 is 10.1 Å². The highest BCUT2D eigenvalue weighted by molar-refractivity contribution is 7.99. The molecule has 8 heteroatoms. The Bertz CT molecular complexity index is 1030. The van der Waals surface area contributed by atoms with Crippen LogP contribution >= 0.6 is 23.1 Å². The summed E-state index contributed by atoms with van der Waals surface area (Å²) >= 11 is 3.22. The second-order valence-electron chi connectivity index (χ2n) is 7.33. The fourth-order valence-corrected chi connectivity index (χ4v) is 5.52. The van der Waals surface area contributed by atoms with Gasteiger partial charge in [-0.05, 0) is 42.9 Å². The molecule has 1 amide bonds. The van der Waals surface area contributed by atoms with Gasteiger partial charge in [0, 0.05) is 34.6 Å². The molecule has 1 aliphatic carbocycles. The largest absolute Gasteiger partial charge is 0.497 e. The quantitative estimate of drug-likeness (QED) is 0.589. The fraction of sp³-hybridized carbons (Fsp3) is 0.381. The Morgan fingerprint density at radius 3 is 3.10 bits per heavy atom. The van der Waals surface area contributed by atoms with Gasteiger partial charge in [-0.2, -0.15) is 0 Å². The average Bonchev–Trinajstić information content (AvgIpc) is 3.29. The molecule has 0 fully saturated rings. The Morgan fingerprint density at radius 2 is 2.28 bits per heavy atom. The third-order valence-corrected chi connectivity index (χ3v) is 7.23. The molecule has 0 spiro atoms. The molecule has 1 atom stereocenters. The van der Waals surface area contributed by atoms with Gasteiger partial charge in [-0.15, -0.1) is 21.5 Å². The number of rotatable bonds is 6. The molecule has 3 aromatic rings. The van der Waals surface area contributed by atoms with Crippen molar-refractivity contribution >= 4 is 34.7 Å². The maximum atomic E-state index is 12.3. The van der Waals surface area contributed by atoms with Crippen molar-refractivity contribution in [3.63, 3.8) is 0 Å². The van der Waals surface area contributed by atoms with Gasteiger partial charge in [0.2, 0.25) is 5.91 Å². The molecule has 2 heterocycles. The Kier molecular flexibility index (Phi) is 5.91. The lowest BCUT2D eigenvalue weighted by Crippen LogP contribution is -2.14. The lowest BCUT2D eigenvalue weighted by molar-refractivity contribution is -0.113. The van der Waals surface area contributed by atoms with Gasteiger partial charge < -0.3 is 14.6 Å². The van der Waals surface area contributed by atoms with Gasteiger partial charge in [-0.1, -0.05) is 24.8 Å². The molecule has 6 nitrogen and oxygen atoms in total. The number of methoxy groups -OCH3 is 1. The molecule has 152 valence electrons. The summed E-state index contributed by atoms with van der Waals surface area (Å²) < 4.78 is 7.18. The van der Waals surface area contributed by atoms with E-state index in [0.29, 0.717) is 11.4 Å². The predicted molar refractivity (Wildman–Crippen MR) is 118 cm³/mol. The van der Waals surface area contributed by atoms with Gasteiger partial charge >= 0.3 is 0 Å². The molecule has 0 radical (unpaired) electrons. The average molecular weight is 429 g/mol. The highest BCUT2D eigenvalue weighted by atomic mass is 32.2. The predicted octanol–water partition coefficient (Wildman–Crippen LogP) is 4.41. The standard InChI is InChI=1S/C21H24N4O2S2/c1-13-7-8-16-17(11-28-18(16)9-13)20-23-24-21(25(20)2)29-12-19(26)22-14-5-4-6-15(10-14)27-3/h4-6,10-11,13H,7-9,12H2,1-3H3,(H,22,26). The number of nitrogens with one attached hydrogen (secondary N) is 1. The van der Waals surface area contributed by atoms with Crippen LogP contribution in [0.2, 0.25) is 0 Å². The van der Waals surface area contributed by atoms with Crippen LogP contribution in [0.4, 0.5) is 5.69 Å². The number of benzene rings is 1. The van der Waals surface area contributed by atoms with Gasteiger partial charge in [0.05, 0.1) is 12.9 Å². The van der Waals surface area contributed by atoms with E-state index in [9.17, 15) is 4.79 Å². The molecule has 1 unspecified atom stereocenters. The van der Waals surface area contributed by atoms with E-state index >= 15 is 0 Å². The highest BCUT2D eigenvalue weighted by Crippen LogP contribution is 2.38. The van der Waals surface area contributed by atoms with Crippen LogP contribution in [-0.2, 0) is 24.7 Å². The van der Waals surface area contributed by atoms with Crippen molar-refractivity contribution in [2.75, 3.05) is 18.2 Å². The molecular formula is C21H24N4O2S2. The number of carbonyl (C=O) groups is 1.